The number of nitriles is 1. The van der Waals surface area contributed by atoms with Crippen LogP contribution in [-0.2, 0) is 6.61 Å². The van der Waals surface area contributed by atoms with Gasteiger partial charge in [0.1, 0.15) is 18.2 Å². The molecule has 0 spiro atoms. The van der Waals surface area contributed by atoms with Gasteiger partial charge in [-0.2, -0.15) is 5.26 Å². The first kappa shape index (κ1) is 20.6. The normalized spacial score (nSPS) is 11.0. The highest BCUT2D eigenvalue weighted by atomic mass is 127. The van der Waals surface area contributed by atoms with Crippen LogP contribution in [0, 0.1) is 20.7 Å². The Labute approximate surface area is 181 Å². The van der Waals surface area contributed by atoms with Crippen LogP contribution in [0.15, 0.2) is 66.7 Å². The molecule has 4 nitrogen and oxygen atoms in total. The number of hydrogen-bond acceptors (Lipinski definition) is 3. The third-order valence-electron chi connectivity index (χ3n) is 4.11. The molecule has 29 heavy (non-hydrogen) atoms. The van der Waals surface area contributed by atoms with Gasteiger partial charge in [0.05, 0.1) is 20.8 Å². The summed E-state index contributed by atoms with van der Waals surface area (Å²) < 4.78 is 19.9. The zero-order valence-electron chi connectivity index (χ0n) is 15.1. The highest BCUT2D eigenvalue weighted by Crippen LogP contribution is 2.26. The molecule has 3 aromatic carbocycles. The molecule has 0 heterocycles. The van der Waals surface area contributed by atoms with Crippen molar-refractivity contribution in [3.05, 3.63) is 98.4 Å². The van der Waals surface area contributed by atoms with Crippen LogP contribution in [0.5, 0.6) is 5.75 Å². The summed E-state index contributed by atoms with van der Waals surface area (Å²) in [5.74, 6) is -0.652. The van der Waals surface area contributed by atoms with Crippen molar-refractivity contribution in [1.82, 2.24) is 0 Å². The maximum Gasteiger partial charge on any atom is 0.335 e. The molecular formula is C23H15FINO3. The highest BCUT2D eigenvalue weighted by Gasteiger charge is 2.07. The van der Waals surface area contributed by atoms with Gasteiger partial charge in [0.2, 0.25) is 0 Å². The van der Waals surface area contributed by atoms with E-state index >= 15 is 0 Å². The maximum atomic E-state index is 13.3. The second-order valence-electron chi connectivity index (χ2n) is 6.16. The first-order valence-electron chi connectivity index (χ1n) is 8.58. The standard InChI is InChI=1S/C23H15FINO3/c24-20-3-1-2-16(11-20)14-29-22-9-4-15(12-21(22)25)10-19(13-26)17-5-7-18(8-6-17)23(27)28/h1-12H,14H2,(H,27,28)/b19-10-. The highest BCUT2D eigenvalue weighted by molar-refractivity contribution is 14.1. The number of ether oxygens (including phenoxy) is 1. The van der Waals surface area contributed by atoms with Crippen LogP contribution < -0.4 is 4.74 Å². The molecule has 0 amide bonds. The molecule has 0 bridgehead atoms. The lowest BCUT2D eigenvalue weighted by atomic mass is 10.0. The number of halogens is 2. The van der Waals surface area contributed by atoms with Gasteiger partial charge in [-0.1, -0.05) is 30.3 Å². The molecule has 0 atom stereocenters. The molecule has 6 heteroatoms. The lowest BCUT2D eigenvalue weighted by molar-refractivity contribution is 0.0697. The summed E-state index contributed by atoms with van der Waals surface area (Å²) in [6.45, 7) is 0.252. The smallest absolute Gasteiger partial charge is 0.335 e. The topological polar surface area (TPSA) is 70.3 Å². The molecular weight excluding hydrogens is 484 g/mol. The molecule has 0 aliphatic carbocycles. The van der Waals surface area contributed by atoms with Crippen LogP contribution >= 0.6 is 22.6 Å². The van der Waals surface area contributed by atoms with E-state index in [1.165, 1.54) is 24.3 Å². The van der Waals surface area contributed by atoms with E-state index in [-0.39, 0.29) is 18.0 Å². The average Bonchev–Trinajstić information content (AvgIpc) is 2.71. The summed E-state index contributed by atoms with van der Waals surface area (Å²) in [5.41, 5.74) is 2.78. The molecule has 0 aliphatic rings. The molecule has 144 valence electrons. The van der Waals surface area contributed by atoms with Crippen LogP contribution in [0.25, 0.3) is 11.6 Å². The van der Waals surface area contributed by atoms with Gasteiger partial charge < -0.3 is 9.84 Å². The number of carbonyl (C=O) groups is 1. The summed E-state index contributed by atoms with van der Waals surface area (Å²) in [6.07, 6.45) is 1.73. The zero-order valence-corrected chi connectivity index (χ0v) is 17.3. The third kappa shape index (κ3) is 5.42. The Hall–Kier alpha value is -3.18. The molecule has 0 saturated heterocycles. The third-order valence-corrected chi connectivity index (χ3v) is 4.96. The van der Waals surface area contributed by atoms with Gasteiger partial charge in [0.15, 0.2) is 0 Å². The van der Waals surface area contributed by atoms with Crippen LogP contribution in [0.4, 0.5) is 4.39 Å². The number of carboxylic acids is 1. The number of carboxylic acid groups (broad SMARTS) is 1. The van der Waals surface area contributed by atoms with Gasteiger partial charge in [-0.15, -0.1) is 0 Å². The number of aromatic carboxylic acids is 1. The summed E-state index contributed by atoms with van der Waals surface area (Å²) in [4.78, 5) is 11.0. The second-order valence-corrected chi connectivity index (χ2v) is 7.32. The molecule has 0 fully saturated rings. The second kappa shape index (κ2) is 9.34. The van der Waals surface area contributed by atoms with Crippen molar-refractivity contribution in [3.63, 3.8) is 0 Å². The quantitative estimate of drug-likeness (QED) is 0.266. The van der Waals surface area contributed by atoms with Crippen molar-refractivity contribution in [2.75, 3.05) is 0 Å². The lowest BCUT2D eigenvalue weighted by Gasteiger charge is -2.09. The van der Waals surface area contributed by atoms with Gasteiger partial charge >= 0.3 is 5.97 Å². The Morgan fingerprint density at radius 2 is 1.83 bits per heavy atom. The number of allylic oxidation sites excluding steroid dienone is 1. The first-order valence-corrected chi connectivity index (χ1v) is 9.66. The Kier molecular flexibility index (Phi) is 6.62. The van der Waals surface area contributed by atoms with Crippen molar-refractivity contribution in [1.29, 1.82) is 5.26 Å². The minimum atomic E-state index is -1.01. The fourth-order valence-electron chi connectivity index (χ4n) is 2.65. The molecule has 0 radical (unpaired) electrons. The number of hydrogen-bond donors (Lipinski definition) is 1. The largest absolute Gasteiger partial charge is 0.488 e. The minimum absolute atomic E-state index is 0.167. The first-order chi connectivity index (χ1) is 14.0. The molecule has 0 aliphatic heterocycles. The summed E-state index contributed by atoms with van der Waals surface area (Å²) >= 11 is 2.14. The fourth-order valence-corrected chi connectivity index (χ4v) is 3.35. The Morgan fingerprint density at radius 3 is 2.45 bits per heavy atom. The maximum absolute atomic E-state index is 13.3. The average molecular weight is 499 g/mol. The fraction of sp³-hybridized carbons (Fsp3) is 0.0435. The van der Waals surface area contributed by atoms with Gasteiger partial charge in [0, 0.05) is 0 Å². The summed E-state index contributed by atoms with van der Waals surface area (Å²) in [7, 11) is 0. The number of rotatable bonds is 6. The van der Waals surface area contributed by atoms with Crippen LogP contribution in [0.3, 0.4) is 0 Å². The van der Waals surface area contributed by atoms with Crippen LogP contribution in [0.2, 0.25) is 0 Å². The SMILES string of the molecule is N#C/C(=C/c1ccc(OCc2cccc(F)c2)c(I)c1)c1ccc(C(=O)O)cc1. The Bertz CT molecular complexity index is 1120. The predicted molar refractivity (Wildman–Crippen MR) is 117 cm³/mol. The molecule has 0 unspecified atom stereocenters. The zero-order chi connectivity index (χ0) is 20.8. The molecule has 0 aromatic heterocycles. The monoisotopic (exact) mass is 499 g/mol. The lowest BCUT2D eigenvalue weighted by Crippen LogP contribution is -1.97. The van der Waals surface area contributed by atoms with Gasteiger partial charge in [-0.3, -0.25) is 0 Å². The van der Waals surface area contributed by atoms with Gasteiger partial charge in [-0.25, -0.2) is 9.18 Å². The van der Waals surface area contributed by atoms with Gasteiger partial charge in [0.25, 0.3) is 0 Å². The van der Waals surface area contributed by atoms with Crippen molar-refractivity contribution in [2.45, 2.75) is 6.61 Å². The molecule has 3 aromatic rings. The summed E-state index contributed by atoms with van der Waals surface area (Å²) in [6, 6.07) is 20.1. The van der Waals surface area contributed by atoms with Crippen molar-refractivity contribution in [2.24, 2.45) is 0 Å². The van der Waals surface area contributed by atoms with Gasteiger partial charge in [-0.05, 0) is 81.8 Å². The van der Waals surface area contributed by atoms with E-state index in [4.69, 9.17) is 9.84 Å². The number of benzene rings is 3. The summed E-state index contributed by atoms with van der Waals surface area (Å²) in [5, 5.41) is 18.5. The van der Waals surface area contributed by atoms with Crippen molar-refractivity contribution < 1.29 is 19.0 Å². The van der Waals surface area contributed by atoms with Crippen LogP contribution in [-0.4, -0.2) is 11.1 Å². The van der Waals surface area contributed by atoms with Crippen molar-refractivity contribution in [3.8, 4) is 11.8 Å². The Balaban J connectivity index is 1.77. The predicted octanol–water partition coefficient (Wildman–Crippen LogP) is 5.77. The number of nitrogens with zero attached hydrogens (tertiary/aromatic N) is 1. The van der Waals surface area contributed by atoms with E-state index in [0.717, 1.165) is 14.7 Å². The molecule has 1 N–H and O–H groups in total. The van der Waals surface area contributed by atoms with Crippen molar-refractivity contribution >= 4 is 40.2 Å². The minimum Gasteiger partial charge on any atom is -0.488 e. The van der Waals surface area contributed by atoms with E-state index < -0.39 is 5.97 Å². The van der Waals surface area contributed by atoms with E-state index in [1.54, 1.807) is 36.4 Å². The molecule has 3 rings (SSSR count). The Morgan fingerprint density at radius 1 is 1.10 bits per heavy atom. The van der Waals surface area contributed by atoms with E-state index in [1.807, 2.05) is 12.1 Å². The van der Waals surface area contributed by atoms with E-state index in [9.17, 15) is 14.4 Å². The molecule has 0 saturated carbocycles. The van der Waals surface area contributed by atoms with E-state index in [0.29, 0.717) is 16.9 Å². The van der Waals surface area contributed by atoms with E-state index in [2.05, 4.69) is 28.7 Å². The van der Waals surface area contributed by atoms with Crippen LogP contribution in [0.1, 0.15) is 27.0 Å².